The Morgan fingerprint density at radius 3 is 2.67 bits per heavy atom. The van der Waals surface area contributed by atoms with Crippen LogP contribution in [0.5, 0.6) is 0 Å². The summed E-state index contributed by atoms with van der Waals surface area (Å²) in [6.07, 6.45) is 0. The van der Waals surface area contributed by atoms with Crippen LogP contribution < -0.4 is 0 Å². The molecular weight excluding hydrogens is 367 g/mol. The molecule has 0 aliphatic carbocycles. The number of fused-ring (bicyclic) bond motifs is 2. The smallest absolute Gasteiger partial charge is 0.340 e. The number of hydrogen-bond donors (Lipinski definition) is 0. The van der Waals surface area contributed by atoms with Crippen LogP contribution in [0.4, 0.5) is 4.39 Å². The molecule has 0 saturated heterocycles. The molecule has 0 spiro atoms. The molecule has 0 amide bonds. The normalized spacial score (nSPS) is 11.1. The molecule has 2 aromatic carbocycles. The number of ether oxygens (including phenoxy) is 1. The highest BCUT2D eigenvalue weighted by Gasteiger charge is 2.15. The van der Waals surface area contributed by atoms with Gasteiger partial charge in [-0.3, -0.25) is 4.98 Å². The van der Waals surface area contributed by atoms with E-state index in [1.807, 2.05) is 30.3 Å². The number of pyridine rings is 2. The van der Waals surface area contributed by atoms with E-state index >= 15 is 0 Å². The second-order valence-electron chi connectivity index (χ2n) is 6.17. The molecule has 2 aromatic heterocycles. The van der Waals surface area contributed by atoms with Gasteiger partial charge in [-0.1, -0.05) is 29.8 Å². The Morgan fingerprint density at radius 1 is 1.04 bits per heavy atom. The minimum absolute atomic E-state index is 0.00358. The first-order valence-electron chi connectivity index (χ1n) is 8.29. The molecular formula is C21H14ClFN2O2. The Hall–Kier alpha value is -3.05. The number of esters is 1. The number of para-hydroxylation sites is 1. The predicted octanol–water partition coefficient (Wildman–Crippen LogP) is 5.24. The van der Waals surface area contributed by atoms with Gasteiger partial charge >= 0.3 is 5.97 Å². The molecule has 2 heterocycles. The predicted molar refractivity (Wildman–Crippen MR) is 102 cm³/mol. The third-order valence-electron chi connectivity index (χ3n) is 4.30. The van der Waals surface area contributed by atoms with Crippen molar-refractivity contribution in [3.8, 4) is 0 Å². The summed E-state index contributed by atoms with van der Waals surface area (Å²) in [6.45, 7) is 1.68. The van der Waals surface area contributed by atoms with Crippen LogP contribution >= 0.6 is 11.6 Å². The van der Waals surface area contributed by atoms with Crippen molar-refractivity contribution in [3.63, 3.8) is 0 Å². The molecule has 0 fully saturated rings. The van der Waals surface area contributed by atoms with E-state index in [-0.39, 0.29) is 12.4 Å². The van der Waals surface area contributed by atoms with Crippen molar-refractivity contribution >= 4 is 39.4 Å². The van der Waals surface area contributed by atoms with Crippen LogP contribution in [0.1, 0.15) is 21.6 Å². The van der Waals surface area contributed by atoms with E-state index in [1.54, 1.807) is 19.1 Å². The van der Waals surface area contributed by atoms with E-state index in [9.17, 15) is 9.18 Å². The largest absolute Gasteiger partial charge is 0.457 e. The lowest BCUT2D eigenvalue weighted by molar-refractivity contribution is 0.0471. The Bertz CT molecular complexity index is 1190. The summed E-state index contributed by atoms with van der Waals surface area (Å²) in [6, 6.07) is 15.3. The van der Waals surface area contributed by atoms with Crippen molar-refractivity contribution in [2.24, 2.45) is 0 Å². The Morgan fingerprint density at radius 2 is 1.81 bits per heavy atom. The van der Waals surface area contributed by atoms with Crippen LogP contribution in [0.3, 0.4) is 0 Å². The molecule has 6 heteroatoms. The van der Waals surface area contributed by atoms with Crippen LogP contribution in [-0.4, -0.2) is 15.9 Å². The molecule has 0 aliphatic heterocycles. The monoisotopic (exact) mass is 380 g/mol. The first-order valence-corrected chi connectivity index (χ1v) is 8.67. The van der Waals surface area contributed by atoms with Crippen molar-refractivity contribution in [1.29, 1.82) is 0 Å². The van der Waals surface area contributed by atoms with Crippen molar-refractivity contribution < 1.29 is 13.9 Å². The molecule has 4 aromatic rings. The highest BCUT2D eigenvalue weighted by molar-refractivity contribution is 6.30. The molecule has 0 N–H and O–H groups in total. The quantitative estimate of drug-likeness (QED) is 0.360. The van der Waals surface area contributed by atoms with Crippen LogP contribution in [-0.2, 0) is 11.3 Å². The number of halogens is 2. The van der Waals surface area contributed by atoms with E-state index in [0.717, 1.165) is 10.9 Å². The molecule has 4 rings (SSSR count). The zero-order chi connectivity index (χ0) is 19.0. The molecule has 134 valence electrons. The minimum atomic E-state index is -0.518. The second-order valence-corrected chi connectivity index (χ2v) is 6.52. The van der Waals surface area contributed by atoms with E-state index in [0.29, 0.717) is 32.9 Å². The average molecular weight is 381 g/mol. The molecule has 0 unspecified atom stereocenters. The van der Waals surface area contributed by atoms with E-state index in [4.69, 9.17) is 16.3 Å². The van der Waals surface area contributed by atoms with Gasteiger partial charge in [0.1, 0.15) is 17.6 Å². The number of benzene rings is 2. The Labute approximate surface area is 159 Å². The van der Waals surface area contributed by atoms with Gasteiger partial charge in [-0.15, -0.1) is 0 Å². The number of hydrogen-bond acceptors (Lipinski definition) is 4. The van der Waals surface area contributed by atoms with Crippen molar-refractivity contribution in [2.45, 2.75) is 13.5 Å². The summed E-state index contributed by atoms with van der Waals surface area (Å²) in [4.78, 5) is 21.1. The average Bonchev–Trinajstić information content (AvgIpc) is 2.65. The standard InChI is InChI=1S/C21H14ClFN2O2/c1-12-17(9-14-6-7-16(23)10-19(14)24-12)21(26)27-11-15-8-13-4-2-3-5-18(13)25-20(15)22/h2-10H,11H2,1H3. The second kappa shape index (κ2) is 6.93. The fourth-order valence-corrected chi connectivity index (χ4v) is 3.10. The van der Waals surface area contributed by atoms with Crippen LogP contribution in [0, 0.1) is 12.7 Å². The molecule has 0 radical (unpaired) electrons. The van der Waals surface area contributed by atoms with Crippen molar-refractivity contribution in [1.82, 2.24) is 9.97 Å². The fourth-order valence-electron chi connectivity index (χ4n) is 2.90. The van der Waals surface area contributed by atoms with Crippen molar-refractivity contribution in [3.05, 3.63) is 82.4 Å². The maximum Gasteiger partial charge on any atom is 0.340 e. The number of carbonyl (C=O) groups is 1. The van der Waals surface area contributed by atoms with Crippen molar-refractivity contribution in [2.75, 3.05) is 0 Å². The van der Waals surface area contributed by atoms with Gasteiger partial charge in [0.05, 0.1) is 22.3 Å². The number of aryl methyl sites for hydroxylation is 1. The number of rotatable bonds is 3. The van der Waals surface area contributed by atoms with Gasteiger partial charge in [-0.25, -0.2) is 14.2 Å². The van der Waals surface area contributed by atoms with E-state index in [1.165, 1.54) is 12.1 Å². The highest BCUT2D eigenvalue weighted by Crippen LogP contribution is 2.23. The lowest BCUT2D eigenvalue weighted by Crippen LogP contribution is -2.09. The topological polar surface area (TPSA) is 52.1 Å². The molecule has 4 nitrogen and oxygen atoms in total. The lowest BCUT2D eigenvalue weighted by Gasteiger charge is -2.10. The number of aromatic nitrogens is 2. The first kappa shape index (κ1) is 17.4. The first-order chi connectivity index (χ1) is 13.0. The van der Waals surface area contributed by atoms with Gasteiger partial charge < -0.3 is 4.74 Å². The third-order valence-corrected chi connectivity index (χ3v) is 4.63. The molecule has 0 bridgehead atoms. The fraction of sp³-hybridized carbons (Fsp3) is 0.0952. The number of carbonyl (C=O) groups excluding carboxylic acids is 1. The highest BCUT2D eigenvalue weighted by atomic mass is 35.5. The molecule has 27 heavy (non-hydrogen) atoms. The SMILES string of the molecule is Cc1nc2cc(F)ccc2cc1C(=O)OCc1cc2ccccc2nc1Cl. The summed E-state index contributed by atoms with van der Waals surface area (Å²) in [5.74, 6) is -0.890. The summed E-state index contributed by atoms with van der Waals surface area (Å²) in [5, 5.41) is 1.88. The lowest BCUT2D eigenvalue weighted by atomic mass is 10.1. The maximum atomic E-state index is 13.3. The van der Waals surface area contributed by atoms with Gasteiger partial charge in [-0.2, -0.15) is 0 Å². The van der Waals surface area contributed by atoms with E-state index in [2.05, 4.69) is 9.97 Å². The van der Waals surface area contributed by atoms with Crippen LogP contribution in [0.15, 0.2) is 54.6 Å². The number of nitrogens with zero attached hydrogens (tertiary/aromatic N) is 2. The Balaban J connectivity index is 1.59. The Kier molecular flexibility index (Phi) is 4.46. The molecule has 0 saturated carbocycles. The summed E-state index contributed by atoms with van der Waals surface area (Å²) in [5.41, 5.74) is 2.70. The van der Waals surface area contributed by atoms with Gasteiger partial charge in [0, 0.05) is 22.4 Å². The summed E-state index contributed by atoms with van der Waals surface area (Å²) in [7, 11) is 0. The maximum absolute atomic E-state index is 13.3. The van der Waals surface area contributed by atoms with Gasteiger partial charge in [-0.05, 0) is 37.3 Å². The molecule has 0 atom stereocenters. The van der Waals surface area contributed by atoms with Crippen LogP contribution in [0.2, 0.25) is 5.15 Å². The zero-order valence-corrected chi connectivity index (χ0v) is 15.1. The van der Waals surface area contributed by atoms with Gasteiger partial charge in [0.2, 0.25) is 0 Å². The minimum Gasteiger partial charge on any atom is -0.457 e. The van der Waals surface area contributed by atoms with Crippen LogP contribution in [0.25, 0.3) is 21.8 Å². The molecule has 0 aliphatic rings. The summed E-state index contributed by atoms with van der Waals surface area (Å²) >= 11 is 6.21. The summed E-state index contributed by atoms with van der Waals surface area (Å²) < 4.78 is 18.8. The van der Waals surface area contributed by atoms with Gasteiger partial charge in [0.15, 0.2) is 0 Å². The van der Waals surface area contributed by atoms with Gasteiger partial charge in [0.25, 0.3) is 0 Å². The van der Waals surface area contributed by atoms with E-state index < -0.39 is 5.97 Å². The third kappa shape index (κ3) is 3.46. The zero-order valence-electron chi connectivity index (χ0n) is 14.4.